The monoisotopic (exact) mass is 281 g/mol. The second-order valence-corrected chi connectivity index (χ2v) is 5.21. The lowest BCUT2D eigenvalue weighted by atomic mass is 10.0. The molecule has 0 saturated heterocycles. The predicted octanol–water partition coefficient (Wildman–Crippen LogP) is 3.05. The van der Waals surface area contributed by atoms with Gasteiger partial charge in [-0.05, 0) is 42.3 Å². The van der Waals surface area contributed by atoms with E-state index in [2.05, 4.69) is 22.5 Å². The van der Waals surface area contributed by atoms with E-state index in [1.165, 1.54) is 0 Å². The molecule has 108 valence electrons. The number of methoxy groups -OCH3 is 1. The Bertz CT molecular complexity index is 764. The Kier molecular flexibility index (Phi) is 3.62. The summed E-state index contributed by atoms with van der Waals surface area (Å²) >= 11 is 0. The van der Waals surface area contributed by atoms with E-state index in [4.69, 9.17) is 10.5 Å². The van der Waals surface area contributed by atoms with Crippen molar-refractivity contribution in [1.29, 1.82) is 0 Å². The van der Waals surface area contributed by atoms with Gasteiger partial charge in [-0.25, -0.2) is 4.98 Å². The van der Waals surface area contributed by atoms with Gasteiger partial charge in [-0.1, -0.05) is 18.2 Å². The Labute approximate surface area is 124 Å². The lowest BCUT2D eigenvalue weighted by Gasteiger charge is -2.16. The number of aryl methyl sites for hydroxylation is 1. The standard InChI is InChI=1S/C17H19N3O/c1-12-9-13(21-2)7-8-14(12)15(18)10-20-11-19-16-5-3-4-6-17(16)20/h3-9,11,15H,10,18H2,1-2H3. The molecule has 0 saturated carbocycles. The van der Waals surface area contributed by atoms with Crippen LogP contribution in [0.1, 0.15) is 17.2 Å². The Balaban J connectivity index is 1.87. The van der Waals surface area contributed by atoms with Crippen LogP contribution in [0.4, 0.5) is 0 Å². The van der Waals surface area contributed by atoms with Gasteiger partial charge in [-0.2, -0.15) is 0 Å². The number of ether oxygens (including phenoxy) is 1. The first-order chi connectivity index (χ1) is 10.2. The van der Waals surface area contributed by atoms with Gasteiger partial charge in [0.1, 0.15) is 5.75 Å². The lowest BCUT2D eigenvalue weighted by Crippen LogP contribution is -2.18. The van der Waals surface area contributed by atoms with Crippen molar-refractivity contribution in [2.24, 2.45) is 5.73 Å². The number of para-hydroxylation sites is 2. The Hall–Kier alpha value is -2.33. The molecule has 1 heterocycles. The Morgan fingerprint density at radius 2 is 2.05 bits per heavy atom. The summed E-state index contributed by atoms with van der Waals surface area (Å²) in [6.45, 7) is 2.76. The van der Waals surface area contributed by atoms with Gasteiger partial charge in [0.05, 0.1) is 24.5 Å². The van der Waals surface area contributed by atoms with Crippen LogP contribution in [0.15, 0.2) is 48.8 Å². The van der Waals surface area contributed by atoms with Crippen molar-refractivity contribution >= 4 is 11.0 Å². The summed E-state index contributed by atoms with van der Waals surface area (Å²) in [6, 6.07) is 14.0. The van der Waals surface area contributed by atoms with Crippen LogP contribution in [0.5, 0.6) is 5.75 Å². The first-order valence-electron chi connectivity index (χ1n) is 6.99. The quantitative estimate of drug-likeness (QED) is 0.799. The molecule has 3 aromatic rings. The van der Waals surface area contributed by atoms with Crippen LogP contribution in [0.2, 0.25) is 0 Å². The molecule has 2 N–H and O–H groups in total. The van der Waals surface area contributed by atoms with Gasteiger partial charge in [0.25, 0.3) is 0 Å². The molecule has 0 aliphatic rings. The first-order valence-corrected chi connectivity index (χ1v) is 6.99. The number of hydrogen-bond acceptors (Lipinski definition) is 3. The summed E-state index contributed by atoms with van der Waals surface area (Å²) in [6.07, 6.45) is 1.85. The van der Waals surface area contributed by atoms with E-state index in [1.54, 1.807) is 7.11 Å². The maximum absolute atomic E-state index is 6.38. The largest absolute Gasteiger partial charge is 0.497 e. The molecule has 0 aliphatic heterocycles. The molecule has 0 aliphatic carbocycles. The number of fused-ring (bicyclic) bond motifs is 1. The highest BCUT2D eigenvalue weighted by Gasteiger charge is 2.12. The van der Waals surface area contributed by atoms with E-state index in [0.29, 0.717) is 6.54 Å². The molecule has 4 heteroatoms. The predicted molar refractivity (Wildman–Crippen MR) is 84.4 cm³/mol. The molecule has 1 unspecified atom stereocenters. The van der Waals surface area contributed by atoms with Gasteiger partial charge in [-0.3, -0.25) is 0 Å². The molecular weight excluding hydrogens is 262 g/mol. The second-order valence-electron chi connectivity index (χ2n) is 5.21. The summed E-state index contributed by atoms with van der Waals surface area (Å²) in [5.41, 5.74) is 10.8. The third-order valence-electron chi connectivity index (χ3n) is 3.80. The van der Waals surface area contributed by atoms with Crippen molar-refractivity contribution in [2.75, 3.05) is 7.11 Å². The second kappa shape index (κ2) is 5.58. The molecule has 2 aromatic carbocycles. The average molecular weight is 281 g/mol. The highest BCUT2D eigenvalue weighted by molar-refractivity contribution is 5.74. The van der Waals surface area contributed by atoms with Gasteiger partial charge in [-0.15, -0.1) is 0 Å². The Morgan fingerprint density at radius 1 is 1.24 bits per heavy atom. The van der Waals surface area contributed by atoms with Crippen molar-refractivity contribution in [2.45, 2.75) is 19.5 Å². The maximum Gasteiger partial charge on any atom is 0.119 e. The molecule has 0 radical (unpaired) electrons. The van der Waals surface area contributed by atoms with Crippen LogP contribution in [0, 0.1) is 6.92 Å². The molecular formula is C17H19N3O. The molecule has 1 aromatic heterocycles. The van der Waals surface area contributed by atoms with Crippen LogP contribution >= 0.6 is 0 Å². The highest BCUT2D eigenvalue weighted by atomic mass is 16.5. The number of nitrogens with zero attached hydrogens (tertiary/aromatic N) is 2. The fourth-order valence-corrected chi connectivity index (χ4v) is 2.66. The van der Waals surface area contributed by atoms with E-state index in [-0.39, 0.29) is 6.04 Å². The molecule has 4 nitrogen and oxygen atoms in total. The minimum Gasteiger partial charge on any atom is -0.497 e. The summed E-state index contributed by atoms with van der Waals surface area (Å²) in [7, 11) is 1.67. The minimum absolute atomic E-state index is 0.0755. The third kappa shape index (κ3) is 2.62. The van der Waals surface area contributed by atoms with Crippen molar-refractivity contribution in [3.8, 4) is 5.75 Å². The van der Waals surface area contributed by atoms with E-state index in [0.717, 1.165) is 27.9 Å². The molecule has 3 rings (SSSR count). The van der Waals surface area contributed by atoms with E-state index in [1.807, 2.05) is 42.7 Å². The Morgan fingerprint density at radius 3 is 2.81 bits per heavy atom. The number of imidazole rings is 1. The van der Waals surface area contributed by atoms with Gasteiger partial charge >= 0.3 is 0 Å². The average Bonchev–Trinajstić information content (AvgIpc) is 2.90. The van der Waals surface area contributed by atoms with Crippen LogP contribution < -0.4 is 10.5 Å². The normalized spacial score (nSPS) is 12.5. The maximum atomic E-state index is 6.38. The third-order valence-corrected chi connectivity index (χ3v) is 3.80. The van der Waals surface area contributed by atoms with Gasteiger partial charge in [0, 0.05) is 12.6 Å². The zero-order chi connectivity index (χ0) is 14.8. The van der Waals surface area contributed by atoms with Crippen LogP contribution in [-0.4, -0.2) is 16.7 Å². The highest BCUT2D eigenvalue weighted by Crippen LogP contribution is 2.23. The zero-order valence-electron chi connectivity index (χ0n) is 12.3. The number of hydrogen-bond donors (Lipinski definition) is 1. The van der Waals surface area contributed by atoms with Crippen molar-refractivity contribution < 1.29 is 4.74 Å². The molecule has 0 spiro atoms. The fourth-order valence-electron chi connectivity index (χ4n) is 2.66. The van der Waals surface area contributed by atoms with Crippen LogP contribution in [0.3, 0.4) is 0 Å². The van der Waals surface area contributed by atoms with Crippen molar-refractivity contribution in [3.05, 3.63) is 59.9 Å². The number of nitrogens with two attached hydrogens (primary N) is 1. The SMILES string of the molecule is COc1ccc(C(N)Cn2cnc3ccccc32)c(C)c1. The molecule has 0 amide bonds. The molecule has 21 heavy (non-hydrogen) atoms. The molecule has 0 fully saturated rings. The van der Waals surface area contributed by atoms with Crippen molar-refractivity contribution in [3.63, 3.8) is 0 Å². The summed E-state index contributed by atoms with van der Waals surface area (Å²) in [4.78, 5) is 4.40. The van der Waals surface area contributed by atoms with Gasteiger partial charge < -0.3 is 15.0 Å². The number of benzene rings is 2. The summed E-state index contributed by atoms with van der Waals surface area (Å²) in [5, 5.41) is 0. The lowest BCUT2D eigenvalue weighted by molar-refractivity contribution is 0.414. The fraction of sp³-hybridized carbons (Fsp3) is 0.235. The summed E-state index contributed by atoms with van der Waals surface area (Å²) in [5.74, 6) is 0.858. The van der Waals surface area contributed by atoms with Crippen LogP contribution in [0.25, 0.3) is 11.0 Å². The smallest absolute Gasteiger partial charge is 0.119 e. The van der Waals surface area contributed by atoms with Gasteiger partial charge in [0.15, 0.2) is 0 Å². The van der Waals surface area contributed by atoms with Crippen molar-refractivity contribution in [1.82, 2.24) is 9.55 Å². The van der Waals surface area contributed by atoms with E-state index in [9.17, 15) is 0 Å². The topological polar surface area (TPSA) is 53.1 Å². The first kappa shape index (κ1) is 13.6. The molecule has 1 atom stereocenters. The minimum atomic E-state index is -0.0755. The van der Waals surface area contributed by atoms with E-state index < -0.39 is 0 Å². The van der Waals surface area contributed by atoms with E-state index >= 15 is 0 Å². The number of rotatable bonds is 4. The number of aromatic nitrogens is 2. The van der Waals surface area contributed by atoms with Crippen LogP contribution in [-0.2, 0) is 6.54 Å². The van der Waals surface area contributed by atoms with Gasteiger partial charge in [0.2, 0.25) is 0 Å². The molecule has 0 bridgehead atoms. The summed E-state index contributed by atoms with van der Waals surface area (Å²) < 4.78 is 7.34. The zero-order valence-corrected chi connectivity index (χ0v) is 12.3.